The zero-order chi connectivity index (χ0) is 30.4. The number of hydrogen-bond acceptors (Lipinski definition) is 8. The summed E-state index contributed by atoms with van der Waals surface area (Å²) in [7, 11) is -3.83. The number of rotatable bonds is 4. The van der Waals surface area contributed by atoms with Crippen LogP contribution < -0.4 is 10.0 Å². The zero-order valence-electron chi connectivity index (χ0n) is 23.9. The number of hydrogen-bond donors (Lipinski definition) is 2. The van der Waals surface area contributed by atoms with Crippen molar-refractivity contribution in [2.24, 2.45) is 5.92 Å². The highest BCUT2D eigenvalue weighted by molar-refractivity contribution is 7.91. The lowest BCUT2D eigenvalue weighted by atomic mass is 10.1. The summed E-state index contributed by atoms with van der Waals surface area (Å²) in [5.74, 6) is -2.30. The molecule has 4 fully saturated rings. The summed E-state index contributed by atoms with van der Waals surface area (Å²) in [5.41, 5.74) is -0.268. The second-order valence-electron chi connectivity index (χ2n) is 12.3. The maximum atomic E-state index is 14.2. The van der Waals surface area contributed by atoms with Gasteiger partial charge in [0, 0.05) is 38.2 Å². The molecule has 2 saturated carbocycles. The van der Waals surface area contributed by atoms with Gasteiger partial charge in [0.25, 0.3) is 5.91 Å². The summed E-state index contributed by atoms with van der Waals surface area (Å²) < 4.78 is 52.9. The van der Waals surface area contributed by atoms with E-state index >= 15 is 0 Å². The van der Waals surface area contributed by atoms with E-state index in [9.17, 15) is 32.0 Å². The smallest absolute Gasteiger partial charge is 0.410 e. The van der Waals surface area contributed by atoms with E-state index < -0.39 is 56.7 Å². The molecule has 2 aliphatic carbocycles. The number of amides is 4. The van der Waals surface area contributed by atoms with Gasteiger partial charge in [-0.15, -0.1) is 0 Å². The van der Waals surface area contributed by atoms with E-state index in [0.29, 0.717) is 50.0 Å². The van der Waals surface area contributed by atoms with Crippen LogP contribution in [0.25, 0.3) is 0 Å². The second kappa shape index (κ2) is 11.7. The van der Waals surface area contributed by atoms with Crippen molar-refractivity contribution in [1.29, 1.82) is 0 Å². The molecule has 1 aromatic carbocycles. The van der Waals surface area contributed by atoms with Crippen LogP contribution in [0.3, 0.4) is 0 Å². The molecule has 234 valence electrons. The molecule has 0 aromatic heterocycles. The van der Waals surface area contributed by atoms with Gasteiger partial charge in [-0.3, -0.25) is 24.0 Å². The molecular formula is C29H37FN4O8S. The lowest BCUT2D eigenvalue weighted by Gasteiger charge is -2.26. The highest BCUT2D eigenvalue weighted by Crippen LogP contribution is 2.48. The van der Waals surface area contributed by atoms with Crippen LogP contribution in [0.4, 0.5) is 9.18 Å². The highest BCUT2D eigenvalue weighted by atomic mass is 32.2. The van der Waals surface area contributed by atoms with Crippen molar-refractivity contribution in [3.05, 3.63) is 35.1 Å². The van der Waals surface area contributed by atoms with E-state index in [1.54, 1.807) is 12.1 Å². The molecule has 1 aromatic rings. The average molecular weight is 621 g/mol. The number of carbonyl (C=O) groups excluding carboxylic acids is 4. The fourth-order valence-electron chi connectivity index (χ4n) is 6.45. The predicted octanol–water partition coefficient (Wildman–Crippen LogP) is 1.71. The molecule has 5 aliphatic rings. The fraction of sp³-hybridized carbons (Fsp3) is 0.655. The minimum atomic E-state index is -3.83. The zero-order valence-corrected chi connectivity index (χ0v) is 24.7. The molecule has 2 N–H and O–H groups in total. The molecule has 0 unspecified atom stereocenters. The van der Waals surface area contributed by atoms with Crippen molar-refractivity contribution in [3.8, 4) is 0 Å². The summed E-state index contributed by atoms with van der Waals surface area (Å²) in [5, 5.41) is 2.23. The lowest BCUT2D eigenvalue weighted by Crippen LogP contribution is -2.56. The van der Waals surface area contributed by atoms with Crippen molar-refractivity contribution in [2.45, 2.75) is 93.8 Å². The number of sulfonamides is 1. The Labute approximate surface area is 249 Å². The molecule has 4 atom stereocenters. The van der Waals surface area contributed by atoms with Gasteiger partial charge >= 0.3 is 6.09 Å². The Hall–Kier alpha value is -3.26. The molecule has 0 bridgehead atoms. The number of nitrogens with one attached hydrogen (secondary N) is 2. The minimum Gasteiger partial charge on any atom is -0.444 e. The Morgan fingerprint density at radius 1 is 1.09 bits per heavy atom. The number of ether oxygens (including phenoxy) is 2. The maximum Gasteiger partial charge on any atom is 0.410 e. The van der Waals surface area contributed by atoms with Crippen LogP contribution >= 0.6 is 0 Å². The summed E-state index contributed by atoms with van der Waals surface area (Å²) in [6.45, 7) is 1.11. The van der Waals surface area contributed by atoms with Crippen molar-refractivity contribution < 1.29 is 41.5 Å². The Balaban J connectivity index is 1.17. The fourth-order valence-corrected chi connectivity index (χ4v) is 7.82. The van der Waals surface area contributed by atoms with Gasteiger partial charge in [-0.2, -0.15) is 0 Å². The van der Waals surface area contributed by atoms with Gasteiger partial charge in [-0.1, -0.05) is 18.6 Å². The predicted molar refractivity (Wildman–Crippen MR) is 149 cm³/mol. The first-order chi connectivity index (χ1) is 20.6. The van der Waals surface area contributed by atoms with Crippen LogP contribution in [0.2, 0.25) is 0 Å². The third kappa shape index (κ3) is 6.21. The average Bonchev–Trinajstić information content (AvgIpc) is 3.84. The van der Waals surface area contributed by atoms with E-state index in [-0.39, 0.29) is 50.7 Å². The van der Waals surface area contributed by atoms with Crippen LogP contribution in [0.1, 0.15) is 68.9 Å². The third-order valence-corrected chi connectivity index (χ3v) is 11.0. The molecule has 6 rings (SSSR count). The third-order valence-electron chi connectivity index (χ3n) is 9.16. The van der Waals surface area contributed by atoms with Gasteiger partial charge in [0.2, 0.25) is 21.8 Å². The van der Waals surface area contributed by atoms with Crippen LogP contribution in [-0.2, 0) is 47.0 Å². The number of carbonyl (C=O) groups is 4. The molecule has 4 amide bonds. The van der Waals surface area contributed by atoms with Crippen molar-refractivity contribution in [2.75, 3.05) is 19.8 Å². The Bertz CT molecular complexity index is 1420. The molecule has 2 saturated heterocycles. The normalized spacial score (nSPS) is 29.8. The molecule has 12 nitrogen and oxygen atoms in total. The molecule has 43 heavy (non-hydrogen) atoms. The SMILES string of the molecule is O=C1N[C@]2(C(=O)NS(=O)(=O)C3CC3)C[C@H]2CCCCOCCCC(=O)N2C[C@H](OC(=O)N3Cc4cccc(F)c4C3)C[C@@H]12. The van der Waals surface area contributed by atoms with Crippen molar-refractivity contribution >= 4 is 33.8 Å². The minimum absolute atomic E-state index is 0.0116. The number of fused-ring (bicyclic) bond motifs is 3. The largest absolute Gasteiger partial charge is 0.444 e. The Morgan fingerprint density at radius 3 is 2.65 bits per heavy atom. The van der Waals surface area contributed by atoms with Crippen molar-refractivity contribution in [1.82, 2.24) is 19.8 Å². The van der Waals surface area contributed by atoms with Crippen LogP contribution in [0, 0.1) is 11.7 Å². The monoisotopic (exact) mass is 620 g/mol. The van der Waals surface area contributed by atoms with E-state index in [1.807, 2.05) is 0 Å². The van der Waals surface area contributed by atoms with Crippen LogP contribution in [-0.4, -0.2) is 84.7 Å². The van der Waals surface area contributed by atoms with E-state index in [0.717, 1.165) is 12.8 Å². The topological polar surface area (TPSA) is 151 Å². The van der Waals surface area contributed by atoms with Gasteiger partial charge in [0.05, 0.1) is 18.3 Å². The molecule has 0 spiro atoms. The summed E-state index contributed by atoms with van der Waals surface area (Å²) >= 11 is 0. The number of benzene rings is 1. The van der Waals surface area contributed by atoms with Crippen LogP contribution in [0.5, 0.6) is 0 Å². The standard InChI is InChI=1S/C29H37FN4O8S/c30-23-7-3-5-18-15-33(17-22(18)23)28(38)42-20-13-24-26(36)31-29(27(37)32-43(39,40)21-9-10-21)14-19(29)6-1-2-11-41-12-4-8-25(35)34(24)16-20/h3,5,7,19-21,24H,1-2,4,6,8-17H2,(H,31,36)(H,32,37)/t19-,20-,24+,29-/m1/s1. The number of halogens is 1. The second-order valence-corrected chi connectivity index (χ2v) is 14.2. The first-order valence-electron chi connectivity index (χ1n) is 15.0. The lowest BCUT2D eigenvalue weighted by molar-refractivity contribution is -0.140. The van der Waals surface area contributed by atoms with E-state index in [1.165, 1.54) is 15.9 Å². The molecule has 3 heterocycles. The molecule has 3 aliphatic heterocycles. The number of nitrogens with zero attached hydrogens (tertiary/aromatic N) is 2. The first-order valence-corrected chi connectivity index (χ1v) is 16.6. The summed E-state index contributed by atoms with van der Waals surface area (Å²) in [6.07, 6.45) is 2.47. The van der Waals surface area contributed by atoms with E-state index in [4.69, 9.17) is 9.47 Å². The van der Waals surface area contributed by atoms with E-state index in [2.05, 4.69) is 10.0 Å². The Morgan fingerprint density at radius 2 is 1.88 bits per heavy atom. The molecular weight excluding hydrogens is 583 g/mol. The van der Waals surface area contributed by atoms with Gasteiger partial charge in [0.1, 0.15) is 23.5 Å². The van der Waals surface area contributed by atoms with Gasteiger partial charge in [-0.05, 0) is 56.1 Å². The maximum absolute atomic E-state index is 14.2. The van der Waals surface area contributed by atoms with Gasteiger partial charge < -0.3 is 19.7 Å². The van der Waals surface area contributed by atoms with Crippen LogP contribution in [0.15, 0.2) is 18.2 Å². The quantitative estimate of drug-likeness (QED) is 0.517. The molecule has 0 radical (unpaired) electrons. The summed E-state index contributed by atoms with van der Waals surface area (Å²) in [4.78, 5) is 56.2. The van der Waals surface area contributed by atoms with Crippen molar-refractivity contribution in [3.63, 3.8) is 0 Å². The highest BCUT2D eigenvalue weighted by Gasteiger charge is 2.62. The Kier molecular flexibility index (Phi) is 8.09. The van der Waals surface area contributed by atoms with Gasteiger partial charge in [0.15, 0.2) is 0 Å². The summed E-state index contributed by atoms with van der Waals surface area (Å²) in [6, 6.07) is 3.65. The van der Waals surface area contributed by atoms with Gasteiger partial charge in [-0.25, -0.2) is 17.6 Å². The first kappa shape index (κ1) is 29.8. The molecule has 14 heteroatoms.